The first kappa shape index (κ1) is 91.4. The van der Waals surface area contributed by atoms with Crippen molar-refractivity contribution in [3.8, 4) is 0 Å². The Hall–Kier alpha value is -1.60. The van der Waals surface area contributed by atoms with E-state index < -0.39 is 17.1 Å². The molecule has 0 aromatic carbocycles. The van der Waals surface area contributed by atoms with Crippen LogP contribution in [0, 0.1) is 33.0 Å². The van der Waals surface area contributed by atoms with E-state index in [4.69, 9.17) is 9.47 Å². The number of hydroxylamine groups is 14. The fraction of sp³-hybridized carbons (Fsp3) is 0.947. The van der Waals surface area contributed by atoms with E-state index in [1.807, 2.05) is 118 Å². The van der Waals surface area contributed by atoms with Crippen molar-refractivity contribution in [3.63, 3.8) is 0 Å². The maximum atomic E-state index is 10.3. The summed E-state index contributed by atoms with van der Waals surface area (Å²) in [5.41, 5.74) is -0.0685. The molecule has 0 amide bonds. The first-order valence-corrected chi connectivity index (χ1v) is 35.4. The average Bonchev–Trinajstić information content (AvgIpc) is 1.62. The zero-order valence-electron chi connectivity index (χ0n) is 70.6. The molecule has 19 nitrogen and oxygen atoms in total. The van der Waals surface area contributed by atoms with Crippen molar-refractivity contribution in [2.24, 2.45) is 38.0 Å². The lowest BCUT2D eigenvalue weighted by atomic mass is 9.65. The molecule has 0 spiro atoms. The smallest absolute Gasteiger partial charge is 0.234 e. The average molecular weight is 1360 g/mol. The standard InChI is InChI=1S/C13H27NO.C12H26N2O.C12H25N2O.C12H23NO.C11H22N2O.C9H19NO2.C7H15NO2/c1-11(2,3)10-8-12(4,5)14(15)13(6,7)9-10;2*1-10(2,3)9-11(4,5)14(15)12(6,7)13(9)8;1-10(2,3)9-8-11(4,5)13(14)12(9,6)7;1-9(2,3)8-10(4,5)13(14)11(6,7)12-8;1-7-6-8(2,3)10(11)9(4,5)12-7;1-6(2)5-10-7(3,4)8(6)9/h10,15H,8-9H2,1-7H3;9,15H,1-8H3;15H,1-8H3;8,14H,1-7H3;14H,1-7H3;7,11H,6H2,1-5H3;9H,5H2,1-4H3/q;;+1;;;;. The molecule has 7 heterocycles. The monoisotopic (exact) mass is 1350 g/mol. The van der Waals surface area contributed by atoms with Crippen LogP contribution in [0.3, 0.4) is 0 Å². The van der Waals surface area contributed by atoms with Crippen molar-refractivity contribution < 1.29 is 50.5 Å². The molecule has 7 N–H and O–H groups in total. The number of rotatable bonds is 0. The molecule has 4 saturated heterocycles. The lowest BCUT2D eigenvalue weighted by Crippen LogP contribution is -2.61. The summed E-state index contributed by atoms with van der Waals surface area (Å²) in [6.45, 7) is 92.2. The number of hydrogen-bond donors (Lipinski definition) is 7. The van der Waals surface area contributed by atoms with E-state index in [-0.39, 0.29) is 88.9 Å². The van der Waals surface area contributed by atoms with Gasteiger partial charge in [-0.15, -0.1) is 5.06 Å². The molecule has 19 heteroatoms. The summed E-state index contributed by atoms with van der Waals surface area (Å²) in [4.78, 5) is 6.89. The van der Waals surface area contributed by atoms with Crippen LogP contribution in [0.1, 0.15) is 324 Å². The molecule has 564 valence electrons. The normalized spacial score (nSPS) is 29.1. The predicted molar refractivity (Wildman–Crippen MR) is 392 cm³/mol. The van der Waals surface area contributed by atoms with E-state index >= 15 is 0 Å². The van der Waals surface area contributed by atoms with Crippen LogP contribution in [0.15, 0.2) is 16.6 Å². The minimum atomic E-state index is -0.568. The van der Waals surface area contributed by atoms with Crippen molar-refractivity contribution >= 4 is 11.4 Å². The van der Waals surface area contributed by atoms with Gasteiger partial charge in [0.25, 0.3) is 0 Å². The number of piperidine rings is 1. The summed E-state index contributed by atoms with van der Waals surface area (Å²) in [5, 5.41) is 80.0. The highest BCUT2D eigenvalue weighted by molar-refractivity contribution is 5.98. The van der Waals surface area contributed by atoms with Crippen LogP contribution in [0.5, 0.6) is 0 Å². The molecule has 7 aliphatic rings. The van der Waals surface area contributed by atoms with Gasteiger partial charge >= 0.3 is 0 Å². The second-order valence-corrected chi connectivity index (χ2v) is 41.7. The first-order valence-electron chi connectivity index (χ1n) is 35.4. The molecule has 0 aromatic heterocycles. The van der Waals surface area contributed by atoms with Crippen molar-refractivity contribution in [1.82, 2.24) is 40.3 Å². The molecule has 95 heavy (non-hydrogen) atoms. The van der Waals surface area contributed by atoms with Gasteiger partial charge in [-0.3, -0.25) is 9.89 Å². The molecule has 0 saturated carbocycles. The van der Waals surface area contributed by atoms with Crippen LogP contribution in [0.25, 0.3) is 0 Å². The van der Waals surface area contributed by atoms with E-state index in [2.05, 4.69) is 222 Å². The fourth-order valence-electron chi connectivity index (χ4n) is 17.5. The summed E-state index contributed by atoms with van der Waals surface area (Å²) in [6, 6.07) is 0.324. The Morgan fingerprint density at radius 1 is 0.453 bits per heavy atom. The molecular formula is C76H157N10O9+. The molecule has 2 atom stereocenters. The Bertz CT molecular complexity index is 2550. The third-order valence-corrected chi connectivity index (χ3v) is 21.1. The van der Waals surface area contributed by atoms with Gasteiger partial charge in [-0.25, -0.2) is 4.58 Å². The van der Waals surface area contributed by atoms with Crippen LogP contribution in [0.2, 0.25) is 0 Å². The number of hydrogen-bond acceptors (Lipinski definition) is 18. The highest BCUT2D eigenvalue weighted by Gasteiger charge is 2.61. The van der Waals surface area contributed by atoms with Crippen LogP contribution in [-0.4, -0.2) is 204 Å². The van der Waals surface area contributed by atoms with Crippen LogP contribution < -0.4 is 0 Å². The second-order valence-electron chi connectivity index (χ2n) is 41.7. The minimum Gasteiger partial charge on any atom is -0.357 e. The minimum absolute atomic E-state index is 0.00174. The van der Waals surface area contributed by atoms with E-state index in [0.29, 0.717) is 24.0 Å². The van der Waals surface area contributed by atoms with Gasteiger partial charge in [0.05, 0.1) is 46.1 Å². The summed E-state index contributed by atoms with van der Waals surface area (Å²) < 4.78 is 13.1. The van der Waals surface area contributed by atoms with Gasteiger partial charge in [0.2, 0.25) is 5.66 Å². The van der Waals surface area contributed by atoms with Gasteiger partial charge < -0.3 is 45.9 Å². The lowest BCUT2D eigenvalue weighted by molar-refractivity contribution is -0.612. The fourth-order valence-corrected chi connectivity index (χ4v) is 17.5. The Labute approximate surface area is 584 Å². The second kappa shape index (κ2) is 28.2. The predicted octanol–water partition coefficient (Wildman–Crippen LogP) is 17.7. The van der Waals surface area contributed by atoms with Crippen molar-refractivity contribution in [1.29, 1.82) is 0 Å². The molecule has 0 bridgehead atoms. The van der Waals surface area contributed by atoms with Crippen LogP contribution in [-0.2, 0) is 9.47 Å². The largest absolute Gasteiger partial charge is 0.357 e. The van der Waals surface area contributed by atoms with Crippen molar-refractivity contribution in [3.05, 3.63) is 11.6 Å². The van der Waals surface area contributed by atoms with Gasteiger partial charge in [0, 0.05) is 53.0 Å². The maximum Gasteiger partial charge on any atom is 0.234 e. The summed E-state index contributed by atoms with van der Waals surface area (Å²) >= 11 is 0. The van der Waals surface area contributed by atoms with Crippen molar-refractivity contribution in [2.75, 3.05) is 20.7 Å². The number of likely N-dealkylation sites (N-methyl/N-ethyl adjacent to an activating group) is 1. The van der Waals surface area contributed by atoms with Crippen LogP contribution in [0.4, 0.5) is 0 Å². The molecule has 0 aliphatic carbocycles. The highest BCUT2D eigenvalue weighted by Crippen LogP contribution is 2.50. The van der Waals surface area contributed by atoms with E-state index in [0.717, 1.165) is 25.0 Å². The molecule has 0 aromatic rings. The first-order chi connectivity index (χ1) is 40.9. The highest BCUT2D eigenvalue weighted by atomic mass is 16.6. The summed E-state index contributed by atoms with van der Waals surface area (Å²) in [7, 11) is 4.15. The molecule has 0 radical (unpaired) electrons. The lowest BCUT2D eigenvalue weighted by Gasteiger charge is -2.54. The van der Waals surface area contributed by atoms with Crippen molar-refractivity contribution in [2.45, 2.75) is 414 Å². The van der Waals surface area contributed by atoms with Gasteiger partial charge in [0.15, 0.2) is 5.71 Å². The summed E-state index contributed by atoms with van der Waals surface area (Å²) in [5.74, 6) is 0.672. The SMILES string of the molecule is CC(C)(C)C1=CC(C)(C)N(O)C1(C)C.CC(C)(C)C1=NC(C)(C)N(O)C1(C)C.CC(C)(C)C1CC(C)(C)N(O)C(C)(C)C1.CC1(C)COC(C)(C)N1O.CC1CC(C)(C)N(O)C(C)(C)O1.CN1C(C(C)(C)C)C(C)(C)N(O)C1(C)C.C[N+]1=C(C(C)(C)C)C(C)(C)N(O)C1(C)C. The van der Waals surface area contributed by atoms with Gasteiger partial charge in [-0.2, -0.15) is 30.4 Å². The number of nitrogens with zero attached hydrogens (tertiary/aromatic N) is 10. The van der Waals surface area contributed by atoms with E-state index in [1.165, 1.54) is 41.7 Å². The van der Waals surface area contributed by atoms with Crippen LogP contribution >= 0.6 is 0 Å². The van der Waals surface area contributed by atoms with Gasteiger partial charge in [0.1, 0.15) is 29.7 Å². The molecular weight excluding hydrogens is 1200 g/mol. The zero-order chi connectivity index (χ0) is 76.8. The zero-order valence-corrected chi connectivity index (χ0v) is 70.6. The Morgan fingerprint density at radius 3 is 1.04 bits per heavy atom. The quantitative estimate of drug-likeness (QED) is 0.0891. The van der Waals surface area contributed by atoms with Gasteiger partial charge in [-0.05, 0) is 241 Å². The Morgan fingerprint density at radius 2 is 0.853 bits per heavy atom. The number of aliphatic imine (C=N–C) groups is 1. The third-order valence-electron chi connectivity index (χ3n) is 21.1. The molecule has 7 aliphatic heterocycles. The molecule has 2 unspecified atom stereocenters. The van der Waals surface area contributed by atoms with E-state index in [9.17, 15) is 36.5 Å². The molecule has 7 rings (SSSR count). The molecule has 4 fully saturated rings. The number of ether oxygens (including phenoxy) is 2. The topological polar surface area (TPSA) is 201 Å². The van der Waals surface area contributed by atoms with Gasteiger partial charge in [-0.1, -0.05) is 110 Å². The third kappa shape index (κ3) is 20.2. The Balaban J connectivity index is 0.000000556. The Kier molecular flexibility index (Phi) is 27.1. The van der Waals surface area contributed by atoms with E-state index in [1.54, 1.807) is 5.06 Å². The summed E-state index contributed by atoms with van der Waals surface area (Å²) in [6.07, 6.45) is 5.38. The maximum absolute atomic E-state index is 10.3.